The first-order valence-electron chi connectivity index (χ1n) is 9.03. The van der Waals surface area contributed by atoms with E-state index in [1.807, 2.05) is 38.1 Å². The van der Waals surface area contributed by atoms with Gasteiger partial charge >= 0.3 is 0 Å². The van der Waals surface area contributed by atoms with Gasteiger partial charge in [-0.3, -0.25) is 9.59 Å². The van der Waals surface area contributed by atoms with E-state index >= 15 is 0 Å². The molecule has 4 nitrogen and oxygen atoms in total. The van der Waals surface area contributed by atoms with Gasteiger partial charge in [-0.25, -0.2) is 0 Å². The summed E-state index contributed by atoms with van der Waals surface area (Å²) in [5.41, 5.74) is 2.95. The van der Waals surface area contributed by atoms with Crippen LogP contribution in [0.15, 0.2) is 48.5 Å². The van der Waals surface area contributed by atoms with Gasteiger partial charge in [0, 0.05) is 22.9 Å². The lowest BCUT2D eigenvalue weighted by atomic mass is 9.87. The third kappa shape index (κ3) is 5.19. The topological polar surface area (TPSA) is 58.2 Å². The number of nitrogens with one attached hydrogen (secondary N) is 2. The first-order valence-corrected chi connectivity index (χ1v) is 9.03. The molecule has 1 unspecified atom stereocenters. The maximum absolute atomic E-state index is 12.5. The van der Waals surface area contributed by atoms with Crippen LogP contribution >= 0.6 is 0 Å². The maximum Gasteiger partial charge on any atom is 0.255 e. The van der Waals surface area contributed by atoms with Crippen LogP contribution in [-0.2, 0) is 5.41 Å². The molecule has 2 aromatic rings. The lowest BCUT2D eigenvalue weighted by Gasteiger charge is -2.19. The zero-order chi connectivity index (χ0) is 19.3. The Hall–Kier alpha value is -2.62. The molecule has 2 amide bonds. The Bertz CT molecular complexity index is 773. The van der Waals surface area contributed by atoms with Crippen molar-refractivity contribution in [2.75, 3.05) is 5.32 Å². The van der Waals surface area contributed by atoms with Crippen LogP contribution in [0.2, 0.25) is 0 Å². The fourth-order valence-electron chi connectivity index (χ4n) is 2.47. The summed E-state index contributed by atoms with van der Waals surface area (Å²) in [5.74, 6) is -0.324. The number of hydrogen-bond donors (Lipinski definition) is 2. The summed E-state index contributed by atoms with van der Waals surface area (Å²) in [4.78, 5) is 24.7. The lowest BCUT2D eigenvalue weighted by Crippen LogP contribution is -2.31. The van der Waals surface area contributed by atoms with Gasteiger partial charge in [0.1, 0.15) is 0 Å². The van der Waals surface area contributed by atoms with E-state index in [9.17, 15) is 9.59 Å². The predicted octanol–water partition coefficient (Wildman–Crippen LogP) is 4.76. The number of carbonyl (C=O) groups excluding carboxylic acids is 2. The SMILES string of the molecule is CCC(C)NC(=O)c1cccc(NC(=O)c2ccc(C(C)(C)C)cc2)c1. The van der Waals surface area contributed by atoms with Crippen molar-refractivity contribution < 1.29 is 9.59 Å². The van der Waals surface area contributed by atoms with Crippen molar-refractivity contribution in [3.8, 4) is 0 Å². The highest BCUT2D eigenvalue weighted by atomic mass is 16.2. The Balaban J connectivity index is 2.09. The van der Waals surface area contributed by atoms with Crippen LogP contribution in [0, 0.1) is 0 Å². The number of rotatable bonds is 5. The second kappa shape index (κ2) is 8.17. The minimum Gasteiger partial charge on any atom is -0.350 e. The summed E-state index contributed by atoms with van der Waals surface area (Å²) in [5, 5.41) is 5.79. The molecule has 0 fully saturated rings. The average Bonchev–Trinajstić information content (AvgIpc) is 2.61. The molecule has 0 bridgehead atoms. The highest BCUT2D eigenvalue weighted by molar-refractivity contribution is 6.05. The van der Waals surface area contributed by atoms with E-state index in [0.29, 0.717) is 16.8 Å². The molecular formula is C22H28N2O2. The van der Waals surface area contributed by atoms with Crippen LogP contribution in [-0.4, -0.2) is 17.9 Å². The Morgan fingerprint density at radius 2 is 1.62 bits per heavy atom. The normalized spacial score (nSPS) is 12.3. The number of benzene rings is 2. The zero-order valence-electron chi connectivity index (χ0n) is 16.2. The van der Waals surface area contributed by atoms with Crippen LogP contribution in [0.3, 0.4) is 0 Å². The molecular weight excluding hydrogens is 324 g/mol. The van der Waals surface area contributed by atoms with Gasteiger partial charge < -0.3 is 10.6 Å². The van der Waals surface area contributed by atoms with Crippen LogP contribution < -0.4 is 10.6 Å². The van der Waals surface area contributed by atoms with Crippen molar-refractivity contribution in [2.45, 2.75) is 52.5 Å². The van der Waals surface area contributed by atoms with Gasteiger partial charge in [0.2, 0.25) is 0 Å². The molecule has 2 aromatic carbocycles. The molecule has 0 aliphatic rings. The van der Waals surface area contributed by atoms with Crippen molar-refractivity contribution in [1.82, 2.24) is 5.32 Å². The van der Waals surface area contributed by atoms with Crippen LogP contribution in [0.4, 0.5) is 5.69 Å². The molecule has 0 aliphatic heterocycles. The second-order valence-corrected chi connectivity index (χ2v) is 7.65. The van der Waals surface area contributed by atoms with Crippen LogP contribution in [0.25, 0.3) is 0 Å². The van der Waals surface area contributed by atoms with Gasteiger partial charge in [0.05, 0.1) is 0 Å². The summed E-state index contributed by atoms with van der Waals surface area (Å²) >= 11 is 0. The quantitative estimate of drug-likeness (QED) is 0.815. The molecule has 138 valence electrons. The van der Waals surface area contributed by atoms with Gasteiger partial charge in [-0.2, -0.15) is 0 Å². The van der Waals surface area contributed by atoms with Gasteiger partial charge in [-0.05, 0) is 54.7 Å². The van der Waals surface area contributed by atoms with E-state index in [4.69, 9.17) is 0 Å². The zero-order valence-corrected chi connectivity index (χ0v) is 16.2. The van der Waals surface area contributed by atoms with E-state index in [0.717, 1.165) is 6.42 Å². The molecule has 0 aromatic heterocycles. The van der Waals surface area contributed by atoms with Crippen molar-refractivity contribution in [1.29, 1.82) is 0 Å². The van der Waals surface area contributed by atoms with Crippen molar-refractivity contribution in [3.63, 3.8) is 0 Å². The average molecular weight is 352 g/mol. The largest absolute Gasteiger partial charge is 0.350 e. The molecule has 0 saturated carbocycles. The Morgan fingerprint density at radius 1 is 0.962 bits per heavy atom. The molecule has 1 atom stereocenters. The highest BCUT2D eigenvalue weighted by Crippen LogP contribution is 2.22. The van der Waals surface area contributed by atoms with Crippen LogP contribution in [0.5, 0.6) is 0 Å². The molecule has 0 heterocycles. The van der Waals surface area contributed by atoms with Gasteiger partial charge in [0.15, 0.2) is 0 Å². The van der Waals surface area contributed by atoms with Crippen molar-refractivity contribution in [3.05, 3.63) is 65.2 Å². The summed E-state index contributed by atoms with van der Waals surface area (Å²) < 4.78 is 0. The number of amides is 2. The smallest absolute Gasteiger partial charge is 0.255 e. The minimum atomic E-state index is -0.190. The summed E-state index contributed by atoms with van der Waals surface area (Å²) in [6, 6.07) is 14.7. The predicted molar refractivity (Wildman–Crippen MR) is 107 cm³/mol. The monoisotopic (exact) mass is 352 g/mol. The first-order chi connectivity index (χ1) is 12.2. The van der Waals surface area contributed by atoms with Crippen molar-refractivity contribution in [2.24, 2.45) is 0 Å². The molecule has 0 aliphatic carbocycles. The first kappa shape index (κ1) is 19.7. The molecule has 0 radical (unpaired) electrons. The second-order valence-electron chi connectivity index (χ2n) is 7.65. The molecule has 0 saturated heterocycles. The molecule has 2 rings (SSSR count). The van der Waals surface area contributed by atoms with Gasteiger partial charge in [0.25, 0.3) is 11.8 Å². The lowest BCUT2D eigenvalue weighted by molar-refractivity contribution is 0.0938. The van der Waals surface area contributed by atoms with E-state index in [1.54, 1.807) is 24.3 Å². The standard InChI is InChI=1S/C22H28N2O2/c1-6-15(2)23-21(26)17-8-7-9-19(14-17)24-20(25)16-10-12-18(13-11-16)22(3,4)5/h7-15H,6H2,1-5H3,(H,23,26)(H,24,25). The molecule has 4 heteroatoms. The number of anilines is 1. The summed E-state index contributed by atoms with van der Waals surface area (Å²) in [7, 11) is 0. The van der Waals surface area contributed by atoms with Crippen molar-refractivity contribution >= 4 is 17.5 Å². The van der Waals surface area contributed by atoms with E-state index in [2.05, 4.69) is 31.4 Å². The van der Waals surface area contributed by atoms with Gasteiger partial charge in [-0.1, -0.05) is 45.9 Å². The highest BCUT2D eigenvalue weighted by Gasteiger charge is 2.15. The van der Waals surface area contributed by atoms with Gasteiger partial charge in [-0.15, -0.1) is 0 Å². The van der Waals surface area contributed by atoms with Crippen LogP contribution in [0.1, 0.15) is 67.3 Å². The third-order valence-electron chi connectivity index (χ3n) is 4.39. The van der Waals surface area contributed by atoms with E-state index in [1.165, 1.54) is 5.56 Å². The Labute approximate surface area is 156 Å². The summed E-state index contributed by atoms with van der Waals surface area (Å²) in [6.45, 7) is 10.4. The fraction of sp³-hybridized carbons (Fsp3) is 0.364. The third-order valence-corrected chi connectivity index (χ3v) is 4.39. The minimum absolute atomic E-state index is 0.0479. The molecule has 26 heavy (non-hydrogen) atoms. The van der Waals surface area contributed by atoms with E-state index in [-0.39, 0.29) is 23.3 Å². The summed E-state index contributed by atoms with van der Waals surface area (Å²) in [6.07, 6.45) is 0.868. The molecule has 2 N–H and O–H groups in total. The molecule has 0 spiro atoms. The number of carbonyl (C=O) groups is 2. The van der Waals surface area contributed by atoms with E-state index < -0.39 is 0 Å². The number of hydrogen-bond acceptors (Lipinski definition) is 2. The maximum atomic E-state index is 12.5. The Kier molecular flexibility index (Phi) is 6.19. The fourth-order valence-corrected chi connectivity index (χ4v) is 2.47. The Morgan fingerprint density at radius 3 is 2.19 bits per heavy atom.